The van der Waals surface area contributed by atoms with Crippen molar-refractivity contribution in [2.75, 3.05) is 11.9 Å². The molecule has 0 fully saturated rings. The number of carbonyl (C=O) groups excluding carboxylic acids is 2. The van der Waals surface area contributed by atoms with Crippen molar-refractivity contribution in [3.8, 4) is 5.88 Å². The third-order valence-corrected chi connectivity index (χ3v) is 3.99. The average Bonchev–Trinajstić information content (AvgIpc) is 2.60. The van der Waals surface area contributed by atoms with E-state index in [-0.39, 0.29) is 24.2 Å². The van der Waals surface area contributed by atoms with Crippen molar-refractivity contribution in [2.45, 2.75) is 6.92 Å². The van der Waals surface area contributed by atoms with Gasteiger partial charge in [-0.05, 0) is 36.4 Å². The number of amides is 1. The molecule has 0 aliphatic rings. The first kappa shape index (κ1) is 18.1. The van der Waals surface area contributed by atoms with Crippen LogP contribution in [0.4, 0.5) is 5.69 Å². The highest BCUT2D eigenvalue weighted by Gasteiger charge is 2.12. The molecule has 3 rings (SSSR count). The summed E-state index contributed by atoms with van der Waals surface area (Å²) in [7, 11) is 0. The Morgan fingerprint density at radius 2 is 1.85 bits per heavy atom. The lowest BCUT2D eigenvalue weighted by molar-refractivity contribution is -0.114. The predicted molar refractivity (Wildman–Crippen MR) is 100 cm³/mol. The van der Waals surface area contributed by atoms with E-state index in [1.165, 1.54) is 13.3 Å². The van der Waals surface area contributed by atoms with Crippen LogP contribution in [0.5, 0.6) is 5.88 Å². The zero-order chi connectivity index (χ0) is 18.7. The summed E-state index contributed by atoms with van der Waals surface area (Å²) in [5.41, 5.74) is 1.56. The summed E-state index contributed by atoms with van der Waals surface area (Å²) in [5, 5.41) is 3.96. The maximum Gasteiger partial charge on any atom is 0.225 e. The van der Waals surface area contributed by atoms with Gasteiger partial charge in [0.1, 0.15) is 6.33 Å². The summed E-state index contributed by atoms with van der Waals surface area (Å²) in [6.45, 7) is 1.20. The number of ether oxygens (including phenoxy) is 1. The number of nitrogens with one attached hydrogen (secondary N) is 1. The van der Waals surface area contributed by atoms with Crippen molar-refractivity contribution in [3.05, 3.63) is 58.3 Å². The molecule has 0 atom stereocenters. The highest BCUT2D eigenvalue weighted by Crippen LogP contribution is 2.30. The first-order valence-electron chi connectivity index (χ1n) is 7.57. The normalized spacial score (nSPS) is 10.6. The quantitative estimate of drug-likeness (QED) is 0.662. The highest BCUT2D eigenvalue weighted by molar-refractivity contribution is 6.38. The molecular formula is C18H13Cl2N3O3. The Hall–Kier alpha value is -2.70. The lowest BCUT2D eigenvalue weighted by Gasteiger charge is -2.09. The summed E-state index contributed by atoms with van der Waals surface area (Å²) in [5.74, 6) is -0.192. The molecular weight excluding hydrogens is 377 g/mol. The number of halogens is 2. The number of hydrogen-bond donors (Lipinski definition) is 1. The summed E-state index contributed by atoms with van der Waals surface area (Å²) in [6, 6.07) is 9.73. The Labute approximate surface area is 159 Å². The van der Waals surface area contributed by atoms with Crippen LogP contribution in [0.25, 0.3) is 10.9 Å². The zero-order valence-electron chi connectivity index (χ0n) is 13.6. The Kier molecular flexibility index (Phi) is 5.35. The number of ketones is 1. The molecule has 6 nitrogen and oxygen atoms in total. The van der Waals surface area contributed by atoms with E-state index in [0.717, 1.165) is 0 Å². The third-order valence-electron chi connectivity index (χ3n) is 3.49. The highest BCUT2D eigenvalue weighted by atomic mass is 35.5. The first-order valence-corrected chi connectivity index (χ1v) is 8.33. The molecule has 3 aromatic rings. The van der Waals surface area contributed by atoms with Gasteiger partial charge in [-0.2, -0.15) is 0 Å². The van der Waals surface area contributed by atoms with Gasteiger partial charge in [0.15, 0.2) is 12.4 Å². The van der Waals surface area contributed by atoms with Crippen LogP contribution < -0.4 is 10.1 Å². The minimum absolute atomic E-state index is 0.180. The Balaban J connectivity index is 1.75. The van der Waals surface area contributed by atoms with E-state index >= 15 is 0 Å². The number of hydrogen-bond acceptors (Lipinski definition) is 5. The van der Waals surface area contributed by atoms with E-state index in [2.05, 4.69) is 15.3 Å². The molecule has 0 radical (unpaired) electrons. The molecule has 26 heavy (non-hydrogen) atoms. The van der Waals surface area contributed by atoms with E-state index in [0.29, 0.717) is 32.2 Å². The van der Waals surface area contributed by atoms with Gasteiger partial charge in [0.05, 0.1) is 15.9 Å². The largest absolute Gasteiger partial charge is 0.469 e. The van der Waals surface area contributed by atoms with Crippen LogP contribution in [0.1, 0.15) is 17.3 Å². The molecule has 0 unspecified atom stereocenters. The van der Waals surface area contributed by atoms with Crippen LogP contribution in [0.3, 0.4) is 0 Å². The number of fused-ring (bicyclic) bond motifs is 1. The molecule has 0 saturated carbocycles. The molecule has 0 aliphatic heterocycles. The van der Waals surface area contributed by atoms with Crippen molar-refractivity contribution in [2.24, 2.45) is 0 Å². The number of Topliss-reactive ketones (excluding diaryl/α,β-unsaturated/α-hetero) is 1. The maximum atomic E-state index is 12.3. The Morgan fingerprint density at radius 1 is 1.12 bits per heavy atom. The molecule has 1 heterocycles. The zero-order valence-corrected chi connectivity index (χ0v) is 15.1. The first-order chi connectivity index (χ1) is 12.4. The topological polar surface area (TPSA) is 81.2 Å². The van der Waals surface area contributed by atoms with Crippen molar-refractivity contribution < 1.29 is 14.3 Å². The van der Waals surface area contributed by atoms with E-state index in [1.54, 1.807) is 36.4 Å². The minimum atomic E-state index is -0.237. The molecule has 0 aliphatic carbocycles. The molecule has 1 N–H and O–H groups in total. The summed E-state index contributed by atoms with van der Waals surface area (Å²) < 4.78 is 5.55. The minimum Gasteiger partial charge on any atom is -0.469 e. The second-order valence-corrected chi connectivity index (χ2v) is 6.28. The van der Waals surface area contributed by atoms with Crippen LogP contribution in [0, 0.1) is 0 Å². The van der Waals surface area contributed by atoms with Gasteiger partial charge in [-0.15, -0.1) is 0 Å². The summed E-state index contributed by atoms with van der Waals surface area (Å²) in [6.07, 6.45) is 1.31. The molecule has 1 amide bonds. The lowest BCUT2D eigenvalue weighted by Crippen LogP contribution is -2.13. The van der Waals surface area contributed by atoms with E-state index in [9.17, 15) is 9.59 Å². The number of aromatic nitrogens is 2. The monoisotopic (exact) mass is 389 g/mol. The fourth-order valence-electron chi connectivity index (χ4n) is 2.34. The van der Waals surface area contributed by atoms with Crippen LogP contribution in [-0.2, 0) is 4.79 Å². The molecule has 8 heteroatoms. The van der Waals surface area contributed by atoms with Gasteiger partial charge in [-0.1, -0.05) is 23.2 Å². The second kappa shape index (κ2) is 7.68. The second-order valence-electron chi connectivity index (χ2n) is 5.43. The van der Waals surface area contributed by atoms with E-state index < -0.39 is 0 Å². The number of nitrogens with zero attached hydrogens (tertiary/aromatic N) is 2. The van der Waals surface area contributed by atoms with Crippen LogP contribution in [0.15, 0.2) is 42.7 Å². The SMILES string of the molecule is CC(=O)Nc1ccc(C(=O)COc2ncnc3c(Cl)cc(Cl)cc23)cc1. The standard InChI is InChI=1S/C18H13Cl2N3O3/c1-10(24)23-13-4-2-11(3-5-13)16(25)8-26-18-14-6-12(19)7-15(20)17(14)21-9-22-18/h2-7,9H,8H2,1H3,(H,23,24). The maximum absolute atomic E-state index is 12.3. The van der Waals surface area contributed by atoms with Crippen molar-refractivity contribution in [3.63, 3.8) is 0 Å². The Morgan fingerprint density at radius 3 is 2.54 bits per heavy atom. The van der Waals surface area contributed by atoms with E-state index in [1.807, 2.05) is 0 Å². The lowest BCUT2D eigenvalue weighted by atomic mass is 10.1. The van der Waals surface area contributed by atoms with Crippen LogP contribution in [0.2, 0.25) is 10.0 Å². The van der Waals surface area contributed by atoms with Gasteiger partial charge in [0, 0.05) is 23.2 Å². The van der Waals surface area contributed by atoms with Crippen LogP contribution in [-0.4, -0.2) is 28.3 Å². The molecule has 0 spiro atoms. The van der Waals surface area contributed by atoms with Gasteiger partial charge in [0.25, 0.3) is 0 Å². The molecule has 132 valence electrons. The third kappa shape index (κ3) is 4.09. The van der Waals surface area contributed by atoms with Gasteiger partial charge in [0.2, 0.25) is 11.8 Å². The van der Waals surface area contributed by atoms with Gasteiger partial charge in [-0.3, -0.25) is 9.59 Å². The molecule has 0 bridgehead atoms. The molecule has 1 aromatic heterocycles. The summed E-state index contributed by atoms with van der Waals surface area (Å²) >= 11 is 12.1. The summed E-state index contributed by atoms with van der Waals surface area (Å²) in [4.78, 5) is 31.5. The van der Waals surface area contributed by atoms with E-state index in [4.69, 9.17) is 27.9 Å². The fraction of sp³-hybridized carbons (Fsp3) is 0.111. The Bertz CT molecular complexity index is 991. The van der Waals surface area contributed by atoms with Crippen molar-refractivity contribution in [1.29, 1.82) is 0 Å². The van der Waals surface area contributed by atoms with Gasteiger partial charge < -0.3 is 10.1 Å². The fourth-order valence-corrected chi connectivity index (χ4v) is 2.89. The number of anilines is 1. The van der Waals surface area contributed by atoms with Crippen molar-refractivity contribution >= 4 is 51.5 Å². The molecule has 2 aromatic carbocycles. The number of carbonyl (C=O) groups is 2. The number of rotatable bonds is 5. The van der Waals surface area contributed by atoms with Crippen LogP contribution >= 0.6 is 23.2 Å². The predicted octanol–water partition coefficient (Wildman–Crippen LogP) is 4.16. The smallest absolute Gasteiger partial charge is 0.225 e. The average molecular weight is 390 g/mol. The van der Waals surface area contributed by atoms with Crippen molar-refractivity contribution in [1.82, 2.24) is 9.97 Å². The molecule has 0 saturated heterocycles. The van der Waals surface area contributed by atoms with Gasteiger partial charge >= 0.3 is 0 Å². The number of benzene rings is 2. The van der Waals surface area contributed by atoms with Gasteiger partial charge in [-0.25, -0.2) is 9.97 Å².